The van der Waals surface area contributed by atoms with Crippen molar-refractivity contribution in [3.05, 3.63) is 96.6 Å². The number of rotatable bonds is 7. The molecule has 9 heteroatoms. The third-order valence-corrected chi connectivity index (χ3v) is 11.5. The minimum Gasteiger partial charge on any atom is -0.405 e. The van der Waals surface area contributed by atoms with Gasteiger partial charge in [-0.1, -0.05) is 75.4 Å². The van der Waals surface area contributed by atoms with Gasteiger partial charge < -0.3 is 4.74 Å². The maximum atomic E-state index is 13.9. The molecule has 0 spiro atoms. The molecule has 3 aromatic carbocycles. The van der Waals surface area contributed by atoms with E-state index in [1.54, 1.807) is 63.2 Å². The Kier molecular flexibility index (Phi) is 6.66. The fourth-order valence-corrected chi connectivity index (χ4v) is 8.78. The van der Waals surface area contributed by atoms with Crippen molar-refractivity contribution in [3.63, 3.8) is 0 Å². The zero-order chi connectivity index (χ0) is 26.2. The van der Waals surface area contributed by atoms with Crippen LogP contribution in [0.1, 0.15) is 32.8 Å². The standard InChI is InChI=1S/C27H27NO6S2/c1-26(2,3)27(25(29)34-24(28-27)20-13-7-4-8-14-20)19-23(35(30,31)21-15-9-5-10-16-21)36(32,33)22-17-11-6-12-18-22/h4-18,23H,19H2,1-3H3/t27-/m1/s1. The fraction of sp³-hybridized carbons (Fsp3) is 0.259. The number of carbonyl (C=O) groups is 1. The van der Waals surface area contributed by atoms with E-state index in [0.717, 1.165) is 0 Å². The molecule has 0 saturated carbocycles. The molecule has 0 radical (unpaired) electrons. The minimum absolute atomic E-state index is 0.0310. The summed E-state index contributed by atoms with van der Waals surface area (Å²) < 4.78 is 59.1. The molecule has 3 aromatic rings. The number of ether oxygens (including phenoxy) is 1. The average Bonchev–Trinajstić information content (AvgIpc) is 3.21. The highest BCUT2D eigenvalue weighted by Gasteiger charge is 2.59. The molecule has 0 saturated heterocycles. The number of esters is 1. The molecule has 4 rings (SSSR count). The highest BCUT2D eigenvalue weighted by Crippen LogP contribution is 2.46. The van der Waals surface area contributed by atoms with Gasteiger partial charge in [0.05, 0.1) is 9.79 Å². The highest BCUT2D eigenvalue weighted by atomic mass is 32.3. The molecule has 36 heavy (non-hydrogen) atoms. The summed E-state index contributed by atoms with van der Waals surface area (Å²) in [6, 6.07) is 23.5. The summed E-state index contributed by atoms with van der Waals surface area (Å²) in [5.41, 5.74) is -2.21. The van der Waals surface area contributed by atoms with Crippen LogP contribution in [-0.2, 0) is 29.2 Å². The SMILES string of the molecule is CC(C)(C)[C@]1(CC(S(=O)(=O)c2ccccc2)S(=O)(=O)c2ccccc2)N=C(c2ccccc2)OC1=O. The number of hydrogen-bond donors (Lipinski definition) is 0. The second kappa shape index (κ2) is 9.29. The lowest BCUT2D eigenvalue weighted by Crippen LogP contribution is -2.51. The second-order valence-electron chi connectivity index (χ2n) is 9.63. The van der Waals surface area contributed by atoms with Crippen LogP contribution in [0, 0.1) is 5.41 Å². The zero-order valence-corrected chi connectivity index (χ0v) is 21.8. The van der Waals surface area contributed by atoms with Crippen LogP contribution < -0.4 is 0 Å². The summed E-state index contributed by atoms with van der Waals surface area (Å²) in [5.74, 6) is -0.756. The van der Waals surface area contributed by atoms with Gasteiger partial charge in [0.25, 0.3) is 0 Å². The van der Waals surface area contributed by atoms with Crippen LogP contribution in [-0.4, -0.2) is 38.8 Å². The van der Waals surface area contributed by atoms with Crippen LogP contribution in [0.2, 0.25) is 0 Å². The molecule has 0 amide bonds. The number of benzene rings is 3. The van der Waals surface area contributed by atoms with E-state index in [1.165, 1.54) is 48.5 Å². The van der Waals surface area contributed by atoms with E-state index in [-0.39, 0.29) is 15.7 Å². The summed E-state index contributed by atoms with van der Waals surface area (Å²) in [7, 11) is -8.93. The van der Waals surface area contributed by atoms with Crippen molar-refractivity contribution in [1.82, 2.24) is 0 Å². The van der Waals surface area contributed by atoms with Crippen LogP contribution in [0.3, 0.4) is 0 Å². The van der Waals surface area contributed by atoms with Crippen molar-refractivity contribution in [2.45, 2.75) is 47.1 Å². The molecule has 0 unspecified atom stereocenters. The zero-order valence-electron chi connectivity index (χ0n) is 20.2. The number of nitrogens with zero attached hydrogens (tertiary/aromatic N) is 1. The lowest BCUT2D eigenvalue weighted by molar-refractivity contribution is -0.143. The molecule has 0 aliphatic carbocycles. The first-order valence-electron chi connectivity index (χ1n) is 11.3. The van der Waals surface area contributed by atoms with Gasteiger partial charge in [0, 0.05) is 12.0 Å². The Labute approximate surface area is 211 Å². The van der Waals surface area contributed by atoms with Gasteiger partial charge in [-0.3, -0.25) is 0 Å². The largest absolute Gasteiger partial charge is 0.405 e. The molecule has 0 N–H and O–H groups in total. The average molecular weight is 526 g/mol. The first-order valence-corrected chi connectivity index (χ1v) is 14.4. The Morgan fingerprint density at radius 3 is 1.58 bits per heavy atom. The topological polar surface area (TPSA) is 107 Å². The number of cyclic esters (lactones) is 1. The molecule has 7 nitrogen and oxygen atoms in total. The Hall–Kier alpha value is -3.30. The summed E-state index contributed by atoms with van der Waals surface area (Å²) in [6.45, 7) is 5.15. The molecular formula is C27H27NO6S2. The first-order chi connectivity index (χ1) is 16.9. The summed E-state index contributed by atoms with van der Waals surface area (Å²) in [5, 5.41) is 0. The van der Waals surface area contributed by atoms with Crippen molar-refractivity contribution >= 4 is 31.5 Å². The molecule has 1 aliphatic heterocycles. The van der Waals surface area contributed by atoms with Crippen LogP contribution in [0.25, 0.3) is 0 Å². The van der Waals surface area contributed by atoms with Gasteiger partial charge in [0.15, 0.2) is 29.8 Å². The molecule has 0 fully saturated rings. The minimum atomic E-state index is -4.46. The van der Waals surface area contributed by atoms with Crippen molar-refractivity contribution in [2.75, 3.05) is 0 Å². The van der Waals surface area contributed by atoms with Crippen LogP contribution in [0.15, 0.2) is 106 Å². The Balaban J connectivity index is 1.93. The molecule has 1 atom stereocenters. The number of carbonyl (C=O) groups excluding carboxylic acids is 1. The maximum Gasteiger partial charge on any atom is 0.341 e. The third kappa shape index (κ3) is 4.49. The summed E-state index contributed by atoms with van der Waals surface area (Å²) >= 11 is 0. The normalized spacial score (nSPS) is 18.7. The number of sulfone groups is 2. The predicted molar refractivity (Wildman–Crippen MR) is 137 cm³/mol. The van der Waals surface area contributed by atoms with Crippen LogP contribution in [0.4, 0.5) is 0 Å². The quantitative estimate of drug-likeness (QED) is 0.422. The van der Waals surface area contributed by atoms with Gasteiger partial charge in [-0.05, 0) is 41.8 Å². The predicted octanol–water partition coefficient (Wildman–Crippen LogP) is 4.44. The molecule has 0 aromatic heterocycles. The molecule has 0 bridgehead atoms. The molecule has 1 heterocycles. The van der Waals surface area contributed by atoms with E-state index in [2.05, 4.69) is 4.99 Å². The Morgan fingerprint density at radius 1 is 0.750 bits per heavy atom. The lowest BCUT2D eigenvalue weighted by atomic mass is 9.72. The van der Waals surface area contributed by atoms with E-state index in [1.807, 2.05) is 0 Å². The van der Waals surface area contributed by atoms with Gasteiger partial charge in [0.1, 0.15) is 0 Å². The molecule has 188 valence electrons. The van der Waals surface area contributed by atoms with Crippen molar-refractivity contribution in [1.29, 1.82) is 0 Å². The summed E-state index contributed by atoms with van der Waals surface area (Å²) in [6.07, 6.45) is -0.611. The van der Waals surface area contributed by atoms with E-state index >= 15 is 0 Å². The van der Waals surface area contributed by atoms with Gasteiger partial charge in [-0.15, -0.1) is 0 Å². The van der Waals surface area contributed by atoms with Crippen molar-refractivity contribution < 1.29 is 26.4 Å². The first kappa shape index (κ1) is 25.8. The van der Waals surface area contributed by atoms with E-state index in [9.17, 15) is 21.6 Å². The van der Waals surface area contributed by atoms with Gasteiger partial charge in [-0.2, -0.15) is 0 Å². The third-order valence-electron chi connectivity index (χ3n) is 6.38. The van der Waals surface area contributed by atoms with Crippen LogP contribution >= 0.6 is 0 Å². The van der Waals surface area contributed by atoms with Crippen LogP contribution in [0.5, 0.6) is 0 Å². The monoisotopic (exact) mass is 525 g/mol. The van der Waals surface area contributed by atoms with E-state index < -0.39 is 47.6 Å². The lowest BCUT2D eigenvalue weighted by Gasteiger charge is -2.37. The Bertz CT molecular complexity index is 1430. The number of aliphatic imine (C=N–C) groups is 1. The van der Waals surface area contributed by atoms with Crippen molar-refractivity contribution in [2.24, 2.45) is 10.4 Å². The van der Waals surface area contributed by atoms with Crippen molar-refractivity contribution in [3.8, 4) is 0 Å². The van der Waals surface area contributed by atoms with E-state index in [0.29, 0.717) is 5.56 Å². The van der Waals surface area contributed by atoms with Gasteiger partial charge in [0.2, 0.25) is 5.90 Å². The van der Waals surface area contributed by atoms with Gasteiger partial charge >= 0.3 is 5.97 Å². The Morgan fingerprint density at radius 2 is 1.17 bits per heavy atom. The van der Waals surface area contributed by atoms with E-state index in [4.69, 9.17) is 4.74 Å². The maximum absolute atomic E-state index is 13.9. The molecule has 1 aliphatic rings. The highest BCUT2D eigenvalue weighted by molar-refractivity contribution is 8.09. The number of hydrogen-bond acceptors (Lipinski definition) is 7. The smallest absolute Gasteiger partial charge is 0.341 e. The fourth-order valence-electron chi connectivity index (χ4n) is 4.18. The van der Waals surface area contributed by atoms with Gasteiger partial charge in [-0.25, -0.2) is 26.6 Å². The summed E-state index contributed by atoms with van der Waals surface area (Å²) in [4.78, 5) is 17.8. The second-order valence-corrected chi connectivity index (χ2v) is 14.2. The molecular weight excluding hydrogens is 498 g/mol.